The van der Waals surface area contributed by atoms with Crippen LogP contribution in [-0.2, 0) is 21.0 Å². The maximum Gasteiger partial charge on any atom is 0.295 e. The number of pyridine rings is 1. The summed E-state index contributed by atoms with van der Waals surface area (Å²) >= 11 is 3.35. The summed E-state index contributed by atoms with van der Waals surface area (Å²) in [6.07, 6.45) is 4.82. The first-order valence-electron chi connectivity index (χ1n) is 13.5. The Balaban J connectivity index is 1.30. The SMILES string of the molecule is CONC(=O)c1nn(CC(=O)N2C3C[C@]3(C)C[C@H]2C(=O)Nc2nc(Br)ccc2C)c2ccc(-c3cnc(C)nc3)cc12. The van der Waals surface area contributed by atoms with Crippen LogP contribution in [0, 0.1) is 19.3 Å². The first-order chi connectivity index (χ1) is 20.1. The molecule has 1 unspecified atom stereocenters. The molecule has 3 atom stereocenters. The number of aryl methyl sites for hydroxylation is 2. The molecular weight excluding hydrogens is 604 g/mol. The Morgan fingerprint density at radius 2 is 1.86 bits per heavy atom. The summed E-state index contributed by atoms with van der Waals surface area (Å²) in [6, 6.07) is 8.48. The number of nitrogens with zero attached hydrogens (tertiary/aromatic N) is 6. The fraction of sp³-hybridized carbons (Fsp3) is 0.345. The summed E-state index contributed by atoms with van der Waals surface area (Å²) in [7, 11) is 1.34. The van der Waals surface area contributed by atoms with Crippen molar-refractivity contribution in [1.82, 2.24) is 35.1 Å². The third kappa shape index (κ3) is 5.02. The van der Waals surface area contributed by atoms with Gasteiger partial charge in [-0.15, -0.1) is 0 Å². The van der Waals surface area contributed by atoms with Gasteiger partial charge >= 0.3 is 0 Å². The fourth-order valence-electron chi connectivity index (χ4n) is 5.73. The molecule has 1 saturated heterocycles. The van der Waals surface area contributed by atoms with E-state index in [0.29, 0.717) is 33.6 Å². The van der Waals surface area contributed by atoms with Crippen LogP contribution < -0.4 is 10.8 Å². The lowest BCUT2D eigenvalue weighted by atomic mass is 10.0. The van der Waals surface area contributed by atoms with Crippen LogP contribution in [0.4, 0.5) is 5.82 Å². The van der Waals surface area contributed by atoms with E-state index in [1.165, 1.54) is 11.8 Å². The van der Waals surface area contributed by atoms with E-state index >= 15 is 0 Å². The Morgan fingerprint density at radius 3 is 2.60 bits per heavy atom. The molecule has 216 valence electrons. The van der Waals surface area contributed by atoms with Gasteiger partial charge in [-0.2, -0.15) is 5.10 Å². The van der Waals surface area contributed by atoms with Crippen molar-refractivity contribution in [2.24, 2.45) is 5.41 Å². The zero-order valence-corrected chi connectivity index (χ0v) is 25.1. The molecule has 1 saturated carbocycles. The first-order valence-corrected chi connectivity index (χ1v) is 14.3. The predicted octanol–water partition coefficient (Wildman–Crippen LogP) is 3.58. The molecule has 0 spiro atoms. The summed E-state index contributed by atoms with van der Waals surface area (Å²) in [5.74, 6) is 0.0283. The Kier molecular flexibility index (Phi) is 7.01. The van der Waals surface area contributed by atoms with Gasteiger partial charge in [0.1, 0.15) is 28.8 Å². The smallest absolute Gasteiger partial charge is 0.295 e. The number of likely N-dealkylation sites (tertiary alicyclic amines) is 1. The lowest BCUT2D eigenvalue weighted by Crippen LogP contribution is -2.47. The molecule has 0 radical (unpaired) electrons. The number of amides is 3. The summed E-state index contributed by atoms with van der Waals surface area (Å²) in [4.78, 5) is 59.7. The van der Waals surface area contributed by atoms with E-state index in [9.17, 15) is 14.4 Å². The second-order valence-corrected chi connectivity index (χ2v) is 11.9. The Bertz CT molecular complexity index is 1740. The Hall–Kier alpha value is -4.23. The molecule has 1 aliphatic heterocycles. The maximum atomic E-state index is 13.9. The molecule has 3 aromatic heterocycles. The van der Waals surface area contributed by atoms with Crippen molar-refractivity contribution in [3.05, 3.63) is 64.4 Å². The number of hydroxylamine groups is 1. The van der Waals surface area contributed by atoms with E-state index < -0.39 is 11.9 Å². The van der Waals surface area contributed by atoms with Crippen LogP contribution in [0.1, 0.15) is 41.6 Å². The highest BCUT2D eigenvalue weighted by Crippen LogP contribution is 2.59. The molecule has 6 rings (SSSR count). The maximum absolute atomic E-state index is 13.9. The molecule has 4 heterocycles. The van der Waals surface area contributed by atoms with Crippen LogP contribution in [0.15, 0.2) is 47.3 Å². The van der Waals surface area contributed by atoms with Gasteiger partial charge in [-0.25, -0.2) is 20.4 Å². The number of nitrogens with one attached hydrogen (secondary N) is 2. The molecule has 2 aliphatic rings. The van der Waals surface area contributed by atoms with Gasteiger partial charge in [-0.1, -0.05) is 19.1 Å². The van der Waals surface area contributed by atoms with Crippen molar-refractivity contribution in [1.29, 1.82) is 0 Å². The summed E-state index contributed by atoms with van der Waals surface area (Å²) in [5.41, 5.74) is 5.29. The van der Waals surface area contributed by atoms with Gasteiger partial charge in [-0.3, -0.25) is 23.9 Å². The van der Waals surface area contributed by atoms with Crippen molar-refractivity contribution in [2.75, 3.05) is 12.4 Å². The zero-order chi connectivity index (χ0) is 29.8. The fourth-order valence-corrected chi connectivity index (χ4v) is 6.04. The van der Waals surface area contributed by atoms with E-state index in [1.54, 1.807) is 30.3 Å². The predicted molar refractivity (Wildman–Crippen MR) is 157 cm³/mol. The van der Waals surface area contributed by atoms with Gasteiger partial charge < -0.3 is 10.2 Å². The van der Waals surface area contributed by atoms with Crippen molar-refractivity contribution in [3.63, 3.8) is 0 Å². The molecule has 13 heteroatoms. The minimum Gasteiger partial charge on any atom is -0.325 e. The number of hydrogen-bond donors (Lipinski definition) is 2. The van der Waals surface area contributed by atoms with Gasteiger partial charge in [0.25, 0.3) is 5.91 Å². The number of carbonyl (C=O) groups is 3. The third-order valence-corrected chi connectivity index (χ3v) is 8.53. The van der Waals surface area contributed by atoms with E-state index in [0.717, 1.165) is 23.1 Å². The third-order valence-electron chi connectivity index (χ3n) is 8.09. The number of anilines is 1. The molecule has 1 aromatic carbocycles. The lowest BCUT2D eigenvalue weighted by Gasteiger charge is -2.27. The largest absolute Gasteiger partial charge is 0.325 e. The van der Waals surface area contributed by atoms with Crippen LogP contribution in [0.2, 0.25) is 0 Å². The van der Waals surface area contributed by atoms with E-state index in [2.05, 4.69) is 53.7 Å². The van der Waals surface area contributed by atoms with Gasteiger partial charge in [-0.05, 0) is 77.4 Å². The second-order valence-electron chi connectivity index (χ2n) is 11.1. The Labute approximate surface area is 250 Å². The summed E-state index contributed by atoms with van der Waals surface area (Å²) in [5, 5.41) is 7.97. The Morgan fingerprint density at radius 1 is 1.10 bits per heavy atom. The van der Waals surface area contributed by atoms with Gasteiger partial charge in [0.15, 0.2) is 5.69 Å². The molecule has 2 fully saturated rings. The second kappa shape index (κ2) is 10.6. The standard InChI is InChI=1S/C29H29BrN8O4/c1-15-5-8-23(30)33-26(15)34-27(40)21-10-29(3)11-22(29)38(21)24(39)14-37-20-7-6-17(18-12-31-16(2)32-13-18)9-19(20)25(35-37)28(41)36-42-4/h5-9,12-13,21-22H,10-11,14H2,1-4H3,(H,36,41)(H,33,34,40)/t21-,22?,29-/m0/s1. The molecule has 3 amide bonds. The van der Waals surface area contributed by atoms with Crippen LogP contribution in [0.25, 0.3) is 22.0 Å². The van der Waals surface area contributed by atoms with Gasteiger partial charge in [0.05, 0.1) is 12.6 Å². The highest BCUT2D eigenvalue weighted by molar-refractivity contribution is 9.10. The number of hydrogen-bond acceptors (Lipinski definition) is 8. The topological polar surface area (TPSA) is 144 Å². The number of fused-ring (bicyclic) bond motifs is 2. The molecule has 1 aliphatic carbocycles. The van der Waals surface area contributed by atoms with Crippen molar-refractivity contribution in [2.45, 2.75) is 52.2 Å². The van der Waals surface area contributed by atoms with Crippen LogP contribution >= 0.6 is 15.9 Å². The van der Waals surface area contributed by atoms with E-state index in [1.807, 2.05) is 31.2 Å². The molecule has 0 bridgehead atoms. The van der Waals surface area contributed by atoms with Gasteiger partial charge in [0.2, 0.25) is 11.8 Å². The zero-order valence-electron chi connectivity index (χ0n) is 23.5. The molecule has 4 aromatic rings. The summed E-state index contributed by atoms with van der Waals surface area (Å²) < 4.78 is 2.11. The molecule has 2 N–H and O–H groups in total. The van der Waals surface area contributed by atoms with Crippen LogP contribution in [0.5, 0.6) is 0 Å². The molecular formula is C29H29BrN8O4. The number of aromatic nitrogens is 5. The summed E-state index contributed by atoms with van der Waals surface area (Å²) in [6.45, 7) is 5.62. The van der Waals surface area contributed by atoms with E-state index in [4.69, 9.17) is 4.84 Å². The van der Waals surface area contributed by atoms with Gasteiger partial charge in [0, 0.05) is 29.4 Å². The first kappa shape index (κ1) is 27.9. The highest BCUT2D eigenvalue weighted by atomic mass is 79.9. The van der Waals surface area contributed by atoms with Crippen LogP contribution in [-0.4, -0.2) is 66.5 Å². The van der Waals surface area contributed by atoms with Crippen molar-refractivity contribution < 1.29 is 19.2 Å². The lowest BCUT2D eigenvalue weighted by molar-refractivity contribution is -0.138. The number of rotatable bonds is 7. The molecule has 12 nitrogen and oxygen atoms in total. The quantitative estimate of drug-likeness (QED) is 0.232. The number of halogens is 1. The van der Waals surface area contributed by atoms with E-state index in [-0.39, 0.29) is 35.5 Å². The average molecular weight is 634 g/mol. The van der Waals surface area contributed by atoms with Crippen molar-refractivity contribution in [3.8, 4) is 11.1 Å². The monoisotopic (exact) mass is 632 g/mol. The minimum atomic E-state index is -0.646. The average Bonchev–Trinajstić information content (AvgIpc) is 3.33. The van der Waals surface area contributed by atoms with Crippen molar-refractivity contribution >= 4 is 50.4 Å². The highest BCUT2D eigenvalue weighted by Gasteiger charge is 2.64. The minimum absolute atomic E-state index is 0.0384. The molecule has 42 heavy (non-hydrogen) atoms. The number of piperidine rings is 1. The number of benzene rings is 1. The number of carbonyl (C=O) groups excluding carboxylic acids is 3. The normalized spacial score (nSPS) is 20.8. The van der Waals surface area contributed by atoms with Crippen LogP contribution in [0.3, 0.4) is 0 Å².